The van der Waals surface area contributed by atoms with Gasteiger partial charge in [-0.15, -0.1) is 0 Å². The van der Waals surface area contributed by atoms with Crippen LogP contribution in [-0.4, -0.2) is 39.9 Å². The molecule has 140 valence electrons. The molecule has 2 aromatic carbocycles. The van der Waals surface area contributed by atoms with Crippen molar-refractivity contribution in [3.05, 3.63) is 59.7 Å². The van der Waals surface area contributed by atoms with Gasteiger partial charge < -0.3 is 10.2 Å². The molecule has 0 aliphatic heterocycles. The number of nitrogens with zero attached hydrogens (tertiary/aromatic N) is 1. The van der Waals surface area contributed by atoms with Crippen LogP contribution in [0.1, 0.15) is 24.1 Å². The molecule has 0 radical (unpaired) electrons. The second-order valence-corrected chi connectivity index (χ2v) is 8.21. The van der Waals surface area contributed by atoms with Crippen LogP contribution in [0.5, 0.6) is 0 Å². The average Bonchev–Trinajstić information content (AvgIpc) is 2.56. The van der Waals surface area contributed by atoms with Crippen LogP contribution in [0.3, 0.4) is 0 Å². The Morgan fingerprint density at radius 1 is 1.04 bits per heavy atom. The van der Waals surface area contributed by atoms with E-state index < -0.39 is 10.0 Å². The Morgan fingerprint density at radius 2 is 1.62 bits per heavy atom. The van der Waals surface area contributed by atoms with Crippen LogP contribution in [-0.2, 0) is 14.8 Å². The number of aryl methyl sites for hydroxylation is 1. The van der Waals surface area contributed by atoms with E-state index >= 15 is 0 Å². The van der Waals surface area contributed by atoms with Crippen LogP contribution in [0.15, 0.2) is 53.4 Å². The van der Waals surface area contributed by atoms with Crippen LogP contribution < -0.4 is 10.0 Å². The van der Waals surface area contributed by atoms with Crippen molar-refractivity contribution in [1.29, 1.82) is 0 Å². The molecule has 1 atom stereocenters. The highest BCUT2D eigenvalue weighted by atomic mass is 32.2. The summed E-state index contributed by atoms with van der Waals surface area (Å²) in [5, 5.41) is 2.61. The summed E-state index contributed by atoms with van der Waals surface area (Å²) < 4.78 is 27.8. The summed E-state index contributed by atoms with van der Waals surface area (Å²) >= 11 is 0. The molecule has 0 aliphatic carbocycles. The van der Waals surface area contributed by atoms with Crippen molar-refractivity contribution < 1.29 is 13.2 Å². The molecule has 2 aromatic rings. The summed E-state index contributed by atoms with van der Waals surface area (Å²) in [5.41, 5.74) is 2.76. The van der Waals surface area contributed by atoms with E-state index in [1.54, 1.807) is 12.1 Å². The number of benzene rings is 2. The van der Waals surface area contributed by atoms with E-state index in [4.69, 9.17) is 0 Å². The summed E-state index contributed by atoms with van der Waals surface area (Å²) in [4.78, 5) is 13.2. The van der Waals surface area contributed by atoms with Crippen molar-refractivity contribution in [1.82, 2.24) is 9.62 Å². The van der Waals surface area contributed by atoms with E-state index in [9.17, 15) is 13.2 Å². The Hall–Kier alpha value is -2.22. The minimum Gasteiger partial charge on any atom is -0.326 e. The Balaban J connectivity index is 2.12. The van der Waals surface area contributed by atoms with Crippen molar-refractivity contribution in [2.24, 2.45) is 0 Å². The van der Waals surface area contributed by atoms with Crippen molar-refractivity contribution in [2.75, 3.05) is 26.0 Å². The highest BCUT2D eigenvalue weighted by molar-refractivity contribution is 7.89. The van der Waals surface area contributed by atoms with Gasteiger partial charge >= 0.3 is 0 Å². The Labute approximate surface area is 155 Å². The first kappa shape index (κ1) is 20.1. The molecular weight excluding hydrogens is 350 g/mol. The Kier molecular flexibility index (Phi) is 6.52. The molecule has 7 heteroatoms. The summed E-state index contributed by atoms with van der Waals surface area (Å²) in [5.74, 6) is -0.203. The quantitative estimate of drug-likeness (QED) is 0.779. The highest BCUT2D eigenvalue weighted by Gasteiger charge is 2.19. The fourth-order valence-electron chi connectivity index (χ4n) is 2.58. The molecule has 0 saturated heterocycles. The molecular formula is C19H25N3O3S. The minimum atomic E-state index is -3.64. The third-order valence-electron chi connectivity index (χ3n) is 4.04. The molecule has 2 N–H and O–H groups in total. The summed E-state index contributed by atoms with van der Waals surface area (Å²) in [7, 11) is 0.196. The third-order valence-corrected chi connectivity index (χ3v) is 5.48. The number of hydrogen-bond acceptors (Lipinski definition) is 4. The van der Waals surface area contributed by atoms with Gasteiger partial charge in [-0.05, 0) is 50.8 Å². The van der Waals surface area contributed by atoms with Crippen molar-refractivity contribution in [3.63, 3.8) is 0 Å². The predicted octanol–water partition coefficient (Wildman–Crippen LogP) is 2.53. The smallest absolute Gasteiger partial charge is 0.240 e. The third kappa shape index (κ3) is 5.39. The number of nitrogens with one attached hydrogen (secondary N) is 2. The fraction of sp³-hybridized carbons (Fsp3) is 0.316. The largest absolute Gasteiger partial charge is 0.326 e. The first-order chi connectivity index (χ1) is 12.2. The zero-order chi connectivity index (χ0) is 19.3. The van der Waals surface area contributed by atoms with Crippen molar-refractivity contribution in [3.8, 4) is 0 Å². The molecule has 0 aromatic heterocycles. The number of hydrogen-bond donors (Lipinski definition) is 2. The average molecular weight is 375 g/mol. The van der Waals surface area contributed by atoms with Crippen LogP contribution in [0, 0.1) is 6.92 Å². The van der Waals surface area contributed by atoms with Gasteiger partial charge in [0.25, 0.3) is 0 Å². The lowest BCUT2D eigenvalue weighted by Gasteiger charge is -2.25. The summed E-state index contributed by atoms with van der Waals surface area (Å²) in [6, 6.07) is 14.1. The number of rotatable bonds is 7. The number of amides is 1. The van der Waals surface area contributed by atoms with Gasteiger partial charge in [0.05, 0.1) is 4.90 Å². The first-order valence-corrected chi connectivity index (χ1v) is 9.77. The number of carbonyl (C=O) groups excluding carboxylic acids is 1. The summed E-state index contributed by atoms with van der Waals surface area (Å²) in [6.45, 7) is 3.67. The van der Waals surface area contributed by atoms with Gasteiger partial charge in [-0.3, -0.25) is 4.79 Å². The van der Waals surface area contributed by atoms with Crippen LogP contribution in [0.2, 0.25) is 0 Å². The lowest BCUT2D eigenvalue weighted by Crippen LogP contribution is -2.34. The van der Waals surface area contributed by atoms with Gasteiger partial charge in [-0.1, -0.05) is 29.8 Å². The molecule has 0 fully saturated rings. The predicted molar refractivity (Wildman–Crippen MR) is 104 cm³/mol. The lowest BCUT2D eigenvalue weighted by atomic mass is 10.0. The maximum atomic E-state index is 12.6. The zero-order valence-electron chi connectivity index (χ0n) is 15.5. The minimum absolute atomic E-state index is 0.0796. The molecule has 0 spiro atoms. The van der Waals surface area contributed by atoms with E-state index in [0.717, 1.165) is 11.1 Å². The highest BCUT2D eigenvalue weighted by Crippen LogP contribution is 2.20. The van der Waals surface area contributed by atoms with Crippen molar-refractivity contribution in [2.45, 2.75) is 24.8 Å². The second-order valence-electron chi connectivity index (χ2n) is 6.45. The van der Waals surface area contributed by atoms with Crippen LogP contribution in [0.25, 0.3) is 0 Å². The second kappa shape index (κ2) is 8.44. The molecule has 6 nitrogen and oxygen atoms in total. The monoisotopic (exact) mass is 375 g/mol. The number of carbonyl (C=O) groups is 1. The van der Waals surface area contributed by atoms with Gasteiger partial charge in [0.2, 0.25) is 15.9 Å². The van der Waals surface area contributed by atoms with Crippen molar-refractivity contribution >= 4 is 21.6 Å². The van der Waals surface area contributed by atoms with E-state index in [0.29, 0.717) is 5.69 Å². The standard InChI is InChI=1S/C19H25N3O3S/c1-14-5-7-16(8-6-14)19(22(3)4)13-20-26(24,25)18-11-9-17(10-12-18)21-15(2)23/h5-12,19-20H,13H2,1-4H3,(H,21,23). The number of anilines is 1. The molecule has 0 bridgehead atoms. The molecule has 0 aliphatic rings. The molecule has 1 amide bonds. The lowest BCUT2D eigenvalue weighted by molar-refractivity contribution is -0.114. The summed E-state index contributed by atoms with van der Waals surface area (Å²) in [6.07, 6.45) is 0. The zero-order valence-corrected chi connectivity index (χ0v) is 16.3. The van der Waals surface area contributed by atoms with E-state index in [1.165, 1.54) is 19.1 Å². The van der Waals surface area contributed by atoms with Crippen LogP contribution >= 0.6 is 0 Å². The first-order valence-electron chi connectivity index (χ1n) is 8.29. The van der Waals surface area contributed by atoms with Gasteiger partial charge in [-0.2, -0.15) is 0 Å². The maximum absolute atomic E-state index is 12.6. The van der Waals surface area contributed by atoms with Gasteiger partial charge in [-0.25, -0.2) is 13.1 Å². The topological polar surface area (TPSA) is 78.5 Å². The maximum Gasteiger partial charge on any atom is 0.240 e. The molecule has 1 unspecified atom stereocenters. The molecule has 0 heterocycles. The fourth-order valence-corrected chi connectivity index (χ4v) is 3.62. The SMILES string of the molecule is CC(=O)Nc1ccc(S(=O)(=O)NCC(c2ccc(C)cc2)N(C)C)cc1. The van der Waals surface area contributed by atoms with Gasteiger partial charge in [0, 0.05) is 25.2 Å². The van der Waals surface area contributed by atoms with E-state index in [1.807, 2.05) is 50.2 Å². The number of sulfonamides is 1. The molecule has 0 saturated carbocycles. The van der Waals surface area contributed by atoms with E-state index in [-0.39, 0.29) is 23.4 Å². The number of likely N-dealkylation sites (N-methyl/N-ethyl adjacent to an activating group) is 1. The van der Waals surface area contributed by atoms with Crippen LogP contribution in [0.4, 0.5) is 5.69 Å². The Morgan fingerprint density at radius 3 is 2.12 bits per heavy atom. The Bertz CT molecular complexity index is 845. The normalized spacial score (nSPS) is 12.8. The molecule has 2 rings (SSSR count). The van der Waals surface area contributed by atoms with Gasteiger partial charge in [0.15, 0.2) is 0 Å². The van der Waals surface area contributed by atoms with Gasteiger partial charge in [0.1, 0.15) is 0 Å². The van der Waals surface area contributed by atoms with E-state index in [2.05, 4.69) is 10.0 Å². The molecule has 26 heavy (non-hydrogen) atoms.